The first-order chi connectivity index (χ1) is 12.1. The fourth-order valence-electron chi connectivity index (χ4n) is 2.23. The molecule has 0 heterocycles. The van der Waals surface area contributed by atoms with E-state index in [1.165, 1.54) is 0 Å². The number of rotatable bonds is 7. The first kappa shape index (κ1) is 18.5. The van der Waals surface area contributed by atoms with Gasteiger partial charge in [0.1, 0.15) is 6.04 Å². The Morgan fingerprint density at radius 3 is 2.40 bits per heavy atom. The fraction of sp³-hybridized carbons (Fsp3) is 0.263. The molecule has 2 aromatic carbocycles. The number of carbonyl (C=O) groups excluding carboxylic acids is 2. The van der Waals surface area contributed by atoms with E-state index in [9.17, 15) is 9.59 Å². The lowest BCUT2D eigenvalue weighted by Gasteiger charge is -2.15. The highest BCUT2D eigenvalue weighted by Crippen LogP contribution is 2.11. The molecule has 6 nitrogen and oxygen atoms in total. The Labute approximate surface area is 148 Å². The van der Waals surface area contributed by atoms with E-state index in [0.717, 1.165) is 18.7 Å². The molecule has 0 aliphatic heterocycles. The second kappa shape index (κ2) is 9.44. The van der Waals surface area contributed by atoms with Crippen molar-refractivity contribution in [1.29, 1.82) is 0 Å². The summed E-state index contributed by atoms with van der Waals surface area (Å²) in [4.78, 5) is 24.2. The number of hydrogen-bond donors (Lipinski definition) is 4. The van der Waals surface area contributed by atoms with Gasteiger partial charge in [0.25, 0.3) is 0 Å². The van der Waals surface area contributed by atoms with Gasteiger partial charge in [-0.05, 0) is 43.3 Å². The zero-order valence-electron chi connectivity index (χ0n) is 14.5. The predicted octanol–water partition coefficient (Wildman–Crippen LogP) is 2.94. The van der Waals surface area contributed by atoms with Gasteiger partial charge in [-0.2, -0.15) is 0 Å². The van der Waals surface area contributed by atoms with E-state index in [1.807, 2.05) is 49.4 Å². The molecule has 1 unspecified atom stereocenters. The molecule has 0 aliphatic carbocycles. The average molecular weight is 340 g/mol. The van der Waals surface area contributed by atoms with Crippen molar-refractivity contribution in [2.45, 2.75) is 26.4 Å². The van der Waals surface area contributed by atoms with E-state index in [0.29, 0.717) is 11.4 Å². The molecule has 0 bridgehead atoms. The molecule has 132 valence electrons. The molecular formula is C19H24N4O2. The maximum atomic E-state index is 12.3. The molecule has 2 aromatic rings. The van der Waals surface area contributed by atoms with Crippen molar-refractivity contribution in [3.63, 3.8) is 0 Å². The van der Waals surface area contributed by atoms with Crippen LogP contribution in [0.25, 0.3) is 0 Å². The van der Waals surface area contributed by atoms with Gasteiger partial charge in [-0.25, -0.2) is 4.79 Å². The topological polar surface area (TPSA) is 82.3 Å². The number of anilines is 2. The number of amides is 3. The monoisotopic (exact) mass is 340 g/mol. The summed E-state index contributed by atoms with van der Waals surface area (Å²) in [5.74, 6) is -0.274. The first-order valence-corrected chi connectivity index (χ1v) is 8.31. The summed E-state index contributed by atoms with van der Waals surface area (Å²) >= 11 is 0. The van der Waals surface area contributed by atoms with E-state index in [2.05, 4.69) is 21.3 Å². The number of nitrogens with one attached hydrogen (secondary N) is 4. The smallest absolute Gasteiger partial charge is 0.319 e. The standard InChI is InChI=1S/C19H24N4O2/c1-3-20-13-15-8-7-11-17(12-15)22-18(24)14(2)21-19(25)23-16-9-5-4-6-10-16/h4-12,14,20H,3,13H2,1-2H3,(H,22,24)(H2,21,23,25). The molecule has 0 aliphatic rings. The molecular weight excluding hydrogens is 316 g/mol. The van der Waals surface area contributed by atoms with Crippen molar-refractivity contribution in [2.75, 3.05) is 17.2 Å². The minimum Gasteiger partial charge on any atom is -0.326 e. The van der Waals surface area contributed by atoms with Crippen molar-refractivity contribution < 1.29 is 9.59 Å². The zero-order valence-corrected chi connectivity index (χ0v) is 14.5. The van der Waals surface area contributed by atoms with E-state index in [1.54, 1.807) is 19.1 Å². The SMILES string of the molecule is CCNCc1cccc(NC(=O)C(C)NC(=O)Nc2ccccc2)c1. The van der Waals surface area contributed by atoms with Gasteiger partial charge in [0, 0.05) is 17.9 Å². The summed E-state index contributed by atoms with van der Waals surface area (Å²) in [5.41, 5.74) is 2.46. The molecule has 0 fully saturated rings. The van der Waals surface area contributed by atoms with Gasteiger partial charge in [0.05, 0.1) is 0 Å². The third-order valence-electron chi connectivity index (χ3n) is 3.55. The van der Waals surface area contributed by atoms with Gasteiger partial charge in [-0.3, -0.25) is 4.79 Å². The molecule has 25 heavy (non-hydrogen) atoms. The maximum Gasteiger partial charge on any atom is 0.319 e. The Morgan fingerprint density at radius 1 is 0.960 bits per heavy atom. The molecule has 4 N–H and O–H groups in total. The Hall–Kier alpha value is -2.86. The summed E-state index contributed by atoms with van der Waals surface area (Å²) in [7, 11) is 0. The molecule has 0 saturated heterocycles. The quantitative estimate of drug-likeness (QED) is 0.625. The second-order valence-electron chi connectivity index (χ2n) is 5.66. The van der Waals surface area contributed by atoms with Crippen LogP contribution < -0.4 is 21.3 Å². The van der Waals surface area contributed by atoms with Crippen LogP contribution in [0.4, 0.5) is 16.2 Å². The van der Waals surface area contributed by atoms with Crippen LogP contribution in [0.1, 0.15) is 19.4 Å². The Bertz CT molecular complexity index is 704. The van der Waals surface area contributed by atoms with Crippen LogP contribution in [-0.2, 0) is 11.3 Å². The highest BCUT2D eigenvalue weighted by Gasteiger charge is 2.15. The summed E-state index contributed by atoms with van der Waals surface area (Å²) in [5, 5.41) is 11.4. The number of carbonyl (C=O) groups is 2. The van der Waals surface area contributed by atoms with Gasteiger partial charge >= 0.3 is 6.03 Å². The molecule has 2 rings (SSSR count). The number of para-hydroxylation sites is 1. The van der Waals surface area contributed by atoms with E-state index >= 15 is 0 Å². The average Bonchev–Trinajstić information content (AvgIpc) is 2.61. The normalized spacial score (nSPS) is 11.4. The zero-order chi connectivity index (χ0) is 18.1. The van der Waals surface area contributed by atoms with Gasteiger partial charge in [0.2, 0.25) is 5.91 Å². The van der Waals surface area contributed by atoms with Crippen molar-refractivity contribution in [3.05, 3.63) is 60.2 Å². The van der Waals surface area contributed by atoms with Crippen LogP contribution in [0.15, 0.2) is 54.6 Å². The van der Waals surface area contributed by atoms with Crippen molar-refractivity contribution in [2.24, 2.45) is 0 Å². The Balaban J connectivity index is 1.86. The molecule has 3 amide bonds. The predicted molar refractivity (Wildman–Crippen MR) is 101 cm³/mol. The van der Waals surface area contributed by atoms with Crippen LogP contribution in [0.2, 0.25) is 0 Å². The van der Waals surface area contributed by atoms with Crippen LogP contribution in [0.5, 0.6) is 0 Å². The number of benzene rings is 2. The largest absolute Gasteiger partial charge is 0.326 e. The van der Waals surface area contributed by atoms with Crippen molar-refractivity contribution in [1.82, 2.24) is 10.6 Å². The third kappa shape index (κ3) is 6.27. The number of hydrogen-bond acceptors (Lipinski definition) is 3. The van der Waals surface area contributed by atoms with Crippen LogP contribution in [0.3, 0.4) is 0 Å². The summed E-state index contributed by atoms with van der Waals surface area (Å²) in [6, 6.07) is 15.6. The van der Waals surface area contributed by atoms with E-state index < -0.39 is 12.1 Å². The third-order valence-corrected chi connectivity index (χ3v) is 3.55. The fourth-order valence-corrected chi connectivity index (χ4v) is 2.23. The summed E-state index contributed by atoms with van der Waals surface area (Å²) < 4.78 is 0. The number of urea groups is 1. The Kier molecular flexibility index (Phi) is 6.98. The molecule has 0 saturated carbocycles. The first-order valence-electron chi connectivity index (χ1n) is 8.31. The van der Waals surface area contributed by atoms with Crippen LogP contribution in [0, 0.1) is 0 Å². The highest BCUT2D eigenvalue weighted by atomic mass is 16.2. The highest BCUT2D eigenvalue weighted by molar-refractivity contribution is 5.98. The molecule has 0 aromatic heterocycles. The van der Waals surface area contributed by atoms with Crippen LogP contribution in [-0.4, -0.2) is 24.5 Å². The summed E-state index contributed by atoms with van der Waals surface area (Å²) in [6.45, 7) is 5.31. The van der Waals surface area contributed by atoms with Crippen molar-refractivity contribution in [3.8, 4) is 0 Å². The molecule has 1 atom stereocenters. The van der Waals surface area contributed by atoms with E-state index in [-0.39, 0.29) is 5.91 Å². The lowest BCUT2D eigenvalue weighted by Crippen LogP contribution is -2.43. The molecule has 6 heteroatoms. The minimum absolute atomic E-state index is 0.274. The van der Waals surface area contributed by atoms with E-state index in [4.69, 9.17) is 0 Å². The van der Waals surface area contributed by atoms with Gasteiger partial charge in [-0.1, -0.05) is 37.3 Å². The van der Waals surface area contributed by atoms with Gasteiger partial charge < -0.3 is 21.3 Å². The van der Waals surface area contributed by atoms with Gasteiger partial charge in [0.15, 0.2) is 0 Å². The lowest BCUT2D eigenvalue weighted by molar-refractivity contribution is -0.117. The maximum absolute atomic E-state index is 12.3. The second-order valence-corrected chi connectivity index (χ2v) is 5.66. The summed E-state index contributed by atoms with van der Waals surface area (Å²) in [6.07, 6.45) is 0. The lowest BCUT2D eigenvalue weighted by atomic mass is 10.2. The van der Waals surface area contributed by atoms with Gasteiger partial charge in [-0.15, -0.1) is 0 Å². The minimum atomic E-state index is -0.666. The Morgan fingerprint density at radius 2 is 1.68 bits per heavy atom. The molecule has 0 radical (unpaired) electrons. The molecule has 0 spiro atoms. The van der Waals surface area contributed by atoms with Crippen molar-refractivity contribution >= 4 is 23.3 Å². The van der Waals surface area contributed by atoms with Crippen LogP contribution >= 0.6 is 0 Å².